The molecule has 8 heteroatoms. The number of hydrogen-bond donors (Lipinski definition) is 2. The first-order valence-corrected chi connectivity index (χ1v) is 12.8. The Labute approximate surface area is 200 Å². The standard InChI is InChI=1S/C26H34N4O4/c31-23-8-7-22(24(32)28-23)30-25(33)20-6-5-17(15-21(20)26(30)34)16-29-13-9-19(10-14-29)18-3-1-11-27-12-2-4-18/h5-6,15,18-19,22,27H,1-4,7-14,16H2,(H,28,31,32). The average molecular weight is 467 g/mol. The van der Waals surface area contributed by atoms with E-state index >= 15 is 0 Å². The summed E-state index contributed by atoms with van der Waals surface area (Å²) < 4.78 is 0. The van der Waals surface area contributed by atoms with Crippen molar-refractivity contribution >= 4 is 23.6 Å². The highest BCUT2D eigenvalue weighted by molar-refractivity contribution is 6.23. The normalized spacial score (nSPS) is 25.8. The van der Waals surface area contributed by atoms with Crippen LogP contribution in [0.3, 0.4) is 0 Å². The van der Waals surface area contributed by atoms with E-state index in [1.807, 2.05) is 12.1 Å². The molecule has 8 nitrogen and oxygen atoms in total. The van der Waals surface area contributed by atoms with Crippen LogP contribution in [-0.2, 0) is 16.1 Å². The molecule has 5 rings (SSSR count). The van der Waals surface area contributed by atoms with E-state index in [0.717, 1.165) is 55.0 Å². The van der Waals surface area contributed by atoms with Crippen LogP contribution in [0.25, 0.3) is 0 Å². The lowest BCUT2D eigenvalue weighted by Gasteiger charge is -2.37. The number of amides is 4. The summed E-state index contributed by atoms with van der Waals surface area (Å²) in [5.41, 5.74) is 1.72. The first-order valence-electron chi connectivity index (χ1n) is 12.8. The van der Waals surface area contributed by atoms with Gasteiger partial charge in [0.15, 0.2) is 0 Å². The number of carbonyl (C=O) groups excluding carboxylic acids is 4. The van der Waals surface area contributed by atoms with Crippen LogP contribution >= 0.6 is 0 Å². The highest BCUT2D eigenvalue weighted by atomic mass is 16.2. The van der Waals surface area contributed by atoms with Crippen molar-refractivity contribution in [3.63, 3.8) is 0 Å². The molecule has 4 amide bonds. The van der Waals surface area contributed by atoms with Crippen LogP contribution in [0.4, 0.5) is 0 Å². The Morgan fingerprint density at radius 1 is 0.824 bits per heavy atom. The SMILES string of the molecule is O=C1CCC(N2C(=O)c3ccc(CN4CCC(C5CCCNCCC5)CC4)cc3C2=O)C(=O)N1. The Morgan fingerprint density at radius 3 is 2.21 bits per heavy atom. The van der Waals surface area contributed by atoms with Gasteiger partial charge in [0.25, 0.3) is 11.8 Å². The Hall–Kier alpha value is -2.58. The van der Waals surface area contributed by atoms with Gasteiger partial charge in [-0.2, -0.15) is 0 Å². The molecule has 0 bridgehead atoms. The van der Waals surface area contributed by atoms with Gasteiger partial charge >= 0.3 is 0 Å². The molecule has 1 unspecified atom stereocenters. The minimum atomic E-state index is -0.920. The first kappa shape index (κ1) is 23.2. The highest BCUT2D eigenvalue weighted by Gasteiger charge is 2.44. The molecule has 0 aromatic heterocycles. The lowest BCUT2D eigenvalue weighted by atomic mass is 9.78. The molecule has 182 valence electrons. The smallest absolute Gasteiger partial charge is 0.262 e. The topological polar surface area (TPSA) is 98.8 Å². The van der Waals surface area contributed by atoms with Crippen molar-refractivity contribution < 1.29 is 19.2 Å². The zero-order valence-electron chi connectivity index (χ0n) is 19.7. The molecule has 4 heterocycles. The molecule has 1 aromatic rings. The highest BCUT2D eigenvalue weighted by Crippen LogP contribution is 2.33. The summed E-state index contributed by atoms with van der Waals surface area (Å²) >= 11 is 0. The monoisotopic (exact) mass is 466 g/mol. The molecule has 1 aromatic carbocycles. The first-order chi connectivity index (χ1) is 16.5. The van der Waals surface area contributed by atoms with Crippen molar-refractivity contribution in [2.24, 2.45) is 11.8 Å². The summed E-state index contributed by atoms with van der Waals surface area (Å²) in [6, 6.07) is 4.53. The van der Waals surface area contributed by atoms with Crippen molar-refractivity contribution in [2.45, 2.75) is 64.0 Å². The number of benzene rings is 1. The molecule has 0 radical (unpaired) electrons. The Morgan fingerprint density at radius 2 is 1.50 bits per heavy atom. The number of nitrogens with one attached hydrogen (secondary N) is 2. The summed E-state index contributed by atoms with van der Waals surface area (Å²) in [5, 5.41) is 5.74. The Kier molecular flexibility index (Phi) is 6.79. The number of likely N-dealkylation sites (tertiary alicyclic amines) is 1. The Balaban J connectivity index is 1.20. The van der Waals surface area contributed by atoms with Crippen molar-refractivity contribution in [1.29, 1.82) is 0 Å². The van der Waals surface area contributed by atoms with E-state index < -0.39 is 23.8 Å². The van der Waals surface area contributed by atoms with E-state index in [1.54, 1.807) is 6.07 Å². The van der Waals surface area contributed by atoms with E-state index in [1.165, 1.54) is 38.5 Å². The molecular weight excluding hydrogens is 432 g/mol. The number of rotatable bonds is 4. The van der Waals surface area contributed by atoms with E-state index in [2.05, 4.69) is 15.5 Å². The zero-order chi connectivity index (χ0) is 23.7. The number of imide groups is 2. The molecule has 0 spiro atoms. The van der Waals surface area contributed by atoms with Crippen LogP contribution in [0.15, 0.2) is 18.2 Å². The number of carbonyl (C=O) groups is 4. The number of hydrogen-bond acceptors (Lipinski definition) is 6. The molecule has 0 saturated carbocycles. The maximum atomic E-state index is 13.1. The third-order valence-electron chi connectivity index (χ3n) is 8.07. The van der Waals surface area contributed by atoms with Crippen LogP contribution in [0.2, 0.25) is 0 Å². The van der Waals surface area contributed by atoms with Gasteiger partial charge < -0.3 is 5.32 Å². The summed E-state index contributed by atoms with van der Waals surface area (Å²) in [5.74, 6) is -0.156. The second kappa shape index (κ2) is 9.96. The van der Waals surface area contributed by atoms with Crippen LogP contribution in [0.1, 0.15) is 77.6 Å². The lowest BCUT2D eigenvalue weighted by molar-refractivity contribution is -0.136. The van der Waals surface area contributed by atoms with Gasteiger partial charge in [-0.15, -0.1) is 0 Å². The van der Waals surface area contributed by atoms with Crippen LogP contribution in [0, 0.1) is 11.8 Å². The van der Waals surface area contributed by atoms with Gasteiger partial charge in [0.2, 0.25) is 11.8 Å². The molecule has 3 saturated heterocycles. The van der Waals surface area contributed by atoms with Crippen molar-refractivity contribution in [2.75, 3.05) is 26.2 Å². The van der Waals surface area contributed by atoms with E-state index in [0.29, 0.717) is 11.1 Å². The third kappa shape index (κ3) is 4.66. The van der Waals surface area contributed by atoms with Gasteiger partial charge in [0.1, 0.15) is 6.04 Å². The molecule has 4 aliphatic rings. The fraction of sp³-hybridized carbons (Fsp3) is 0.615. The van der Waals surface area contributed by atoms with Gasteiger partial charge in [0, 0.05) is 13.0 Å². The fourth-order valence-corrected chi connectivity index (χ4v) is 6.18. The van der Waals surface area contributed by atoms with Gasteiger partial charge in [-0.1, -0.05) is 6.07 Å². The number of piperidine rings is 2. The molecule has 34 heavy (non-hydrogen) atoms. The van der Waals surface area contributed by atoms with Crippen molar-refractivity contribution in [3.05, 3.63) is 34.9 Å². The maximum Gasteiger partial charge on any atom is 0.262 e. The number of fused-ring (bicyclic) bond motifs is 1. The fourth-order valence-electron chi connectivity index (χ4n) is 6.18. The van der Waals surface area contributed by atoms with Crippen molar-refractivity contribution in [3.8, 4) is 0 Å². The molecule has 0 aliphatic carbocycles. The maximum absolute atomic E-state index is 13.1. The predicted octanol–water partition coefficient (Wildman–Crippen LogP) is 2.08. The predicted molar refractivity (Wildman–Crippen MR) is 126 cm³/mol. The van der Waals surface area contributed by atoms with Crippen LogP contribution in [-0.4, -0.2) is 65.6 Å². The van der Waals surface area contributed by atoms with Gasteiger partial charge in [0.05, 0.1) is 11.1 Å². The second-order valence-electron chi connectivity index (χ2n) is 10.2. The van der Waals surface area contributed by atoms with Crippen LogP contribution < -0.4 is 10.6 Å². The number of nitrogens with zero attached hydrogens (tertiary/aromatic N) is 2. The van der Waals surface area contributed by atoms with Gasteiger partial charge in [-0.05, 0) is 101 Å². The van der Waals surface area contributed by atoms with Crippen LogP contribution in [0.5, 0.6) is 0 Å². The largest absolute Gasteiger partial charge is 0.317 e. The van der Waals surface area contributed by atoms with Gasteiger partial charge in [-0.25, -0.2) is 0 Å². The molecule has 2 N–H and O–H groups in total. The summed E-state index contributed by atoms with van der Waals surface area (Å²) in [4.78, 5) is 53.2. The minimum absolute atomic E-state index is 0.128. The second-order valence-corrected chi connectivity index (χ2v) is 10.2. The van der Waals surface area contributed by atoms with Gasteiger partial charge in [-0.3, -0.25) is 34.3 Å². The summed E-state index contributed by atoms with van der Waals surface area (Å²) in [6.45, 7) is 5.18. The Bertz CT molecular complexity index is 977. The quantitative estimate of drug-likeness (QED) is 0.660. The summed E-state index contributed by atoms with van der Waals surface area (Å²) in [6.07, 6.45) is 7.99. The minimum Gasteiger partial charge on any atom is -0.317 e. The third-order valence-corrected chi connectivity index (χ3v) is 8.07. The van der Waals surface area contributed by atoms with E-state index in [4.69, 9.17) is 0 Å². The zero-order valence-corrected chi connectivity index (χ0v) is 19.7. The van der Waals surface area contributed by atoms with Crippen molar-refractivity contribution in [1.82, 2.24) is 20.4 Å². The lowest BCUT2D eigenvalue weighted by Crippen LogP contribution is -2.54. The molecular formula is C26H34N4O4. The summed E-state index contributed by atoms with van der Waals surface area (Å²) in [7, 11) is 0. The average Bonchev–Trinajstić information content (AvgIpc) is 3.04. The molecule has 4 aliphatic heterocycles. The van der Waals surface area contributed by atoms with E-state index in [-0.39, 0.29) is 18.7 Å². The molecule has 1 atom stereocenters. The molecule has 3 fully saturated rings. The van der Waals surface area contributed by atoms with E-state index in [9.17, 15) is 19.2 Å².